The molecule has 1 rings (SSSR count). The quantitative estimate of drug-likeness (QED) is 0.800. The first-order valence-electron chi connectivity index (χ1n) is 3.83. The van der Waals surface area contributed by atoms with Gasteiger partial charge in [-0.05, 0) is 12.5 Å². The Balaban J connectivity index is 3.39. The van der Waals surface area contributed by atoms with Crippen LogP contribution in [0.3, 0.4) is 0 Å². The van der Waals surface area contributed by atoms with Crippen LogP contribution < -0.4 is 10.5 Å². The van der Waals surface area contributed by atoms with Crippen LogP contribution in [0.25, 0.3) is 0 Å². The van der Waals surface area contributed by atoms with E-state index in [0.29, 0.717) is 10.6 Å². The minimum absolute atomic E-state index is 0.0714. The van der Waals surface area contributed by atoms with Crippen LogP contribution in [0, 0.1) is 12.7 Å². The average molecular weight is 204 g/mol. The minimum Gasteiger partial charge on any atom is -0.492 e. The van der Waals surface area contributed by atoms with E-state index in [2.05, 4.69) is 0 Å². The van der Waals surface area contributed by atoms with Crippen molar-refractivity contribution in [1.29, 1.82) is 0 Å². The Hall–Kier alpha value is -0.800. The van der Waals surface area contributed by atoms with Crippen molar-refractivity contribution in [1.82, 2.24) is 0 Å². The SMILES string of the molecule is COc1c(F)c(CN)cc(C)c1Cl. The molecule has 0 fully saturated rings. The molecule has 0 aliphatic rings. The topological polar surface area (TPSA) is 35.2 Å². The van der Waals surface area contributed by atoms with Gasteiger partial charge < -0.3 is 10.5 Å². The minimum atomic E-state index is -0.472. The Morgan fingerprint density at radius 1 is 1.62 bits per heavy atom. The summed E-state index contributed by atoms with van der Waals surface area (Å²) in [5, 5.41) is 0.303. The molecule has 2 N–H and O–H groups in total. The molecule has 72 valence electrons. The summed E-state index contributed by atoms with van der Waals surface area (Å²) in [6.07, 6.45) is 0. The predicted molar refractivity (Wildman–Crippen MR) is 50.6 cm³/mol. The molecule has 0 unspecified atom stereocenters. The lowest BCUT2D eigenvalue weighted by Gasteiger charge is -2.10. The highest BCUT2D eigenvalue weighted by molar-refractivity contribution is 6.32. The Morgan fingerprint density at radius 3 is 2.69 bits per heavy atom. The van der Waals surface area contributed by atoms with E-state index < -0.39 is 5.82 Å². The van der Waals surface area contributed by atoms with Crippen LogP contribution in [0.1, 0.15) is 11.1 Å². The third-order valence-corrected chi connectivity index (χ3v) is 2.31. The molecule has 0 heterocycles. The van der Waals surface area contributed by atoms with E-state index in [1.165, 1.54) is 7.11 Å². The van der Waals surface area contributed by atoms with E-state index >= 15 is 0 Å². The van der Waals surface area contributed by atoms with Gasteiger partial charge in [0.05, 0.1) is 12.1 Å². The zero-order valence-corrected chi connectivity index (χ0v) is 8.28. The maximum Gasteiger partial charge on any atom is 0.173 e. The first-order valence-corrected chi connectivity index (χ1v) is 4.21. The Kier molecular flexibility index (Phi) is 3.12. The molecule has 0 amide bonds. The lowest BCUT2D eigenvalue weighted by molar-refractivity contribution is 0.384. The van der Waals surface area contributed by atoms with E-state index in [9.17, 15) is 4.39 Å². The third kappa shape index (κ3) is 1.76. The fraction of sp³-hybridized carbons (Fsp3) is 0.333. The van der Waals surface area contributed by atoms with Gasteiger partial charge in [-0.25, -0.2) is 4.39 Å². The van der Waals surface area contributed by atoms with Crippen molar-refractivity contribution in [2.45, 2.75) is 13.5 Å². The third-order valence-electron chi connectivity index (χ3n) is 1.84. The summed E-state index contributed by atoms with van der Waals surface area (Å²) in [5.41, 5.74) is 6.53. The van der Waals surface area contributed by atoms with E-state index in [0.717, 1.165) is 5.56 Å². The molecule has 4 heteroatoms. The second-order valence-electron chi connectivity index (χ2n) is 2.72. The molecular weight excluding hydrogens is 193 g/mol. The average Bonchev–Trinajstić information content (AvgIpc) is 2.12. The number of nitrogens with two attached hydrogens (primary N) is 1. The number of ether oxygens (including phenoxy) is 1. The number of methoxy groups -OCH3 is 1. The number of aryl methyl sites for hydroxylation is 1. The maximum atomic E-state index is 13.4. The van der Waals surface area contributed by atoms with E-state index in [4.69, 9.17) is 22.1 Å². The molecule has 1 aromatic carbocycles. The Bertz CT molecular complexity index is 328. The van der Waals surface area contributed by atoms with Gasteiger partial charge in [0, 0.05) is 12.1 Å². The molecule has 0 radical (unpaired) electrons. The summed E-state index contributed by atoms with van der Waals surface area (Å²) in [6, 6.07) is 1.63. The maximum absolute atomic E-state index is 13.4. The molecule has 2 nitrogen and oxygen atoms in total. The molecule has 1 aromatic rings. The molecule has 0 aromatic heterocycles. The van der Waals surface area contributed by atoms with E-state index in [-0.39, 0.29) is 12.3 Å². The highest BCUT2D eigenvalue weighted by Crippen LogP contribution is 2.32. The molecule has 0 saturated heterocycles. The number of hydrogen-bond donors (Lipinski definition) is 1. The van der Waals surface area contributed by atoms with Gasteiger partial charge in [-0.1, -0.05) is 17.7 Å². The number of hydrogen-bond acceptors (Lipinski definition) is 2. The fourth-order valence-corrected chi connectivity index (χ4v) is 1.35. The first kappa shape index (κ1) is 10.3. The van der Waals surface area contributed by atoms with Crippen molar-refractivity contribution in [3.05, 3.63) is 28.0 Å². The van der Waals surface area contributed by atoms with Gasteiger partial charge in [0.25, 0.3) is 0 Å². The highest BCUT2D eigenvalue weighted by atomic mass is 35.5. The van der Waals surface area contributed by atoms with Crippen LogP contribution in [0.2, 0.25) is 5.02 Å². The summed E-state index contributed by atoms with van der Waals surface area (Å²) in [7, 11) is 1.38. The predicted octanol–water partition coefficient (Wildman–Crippen LogP) is 2.25. The van der Waals surface area contributed by atoms with Crippen molar-refractivity contribution in [2.75, 3.05) is 7.11 Å². The van der Waals surface area contributed by atoms with Crippen LogP contribution >= 0.6 is 11.6 Å². The van der Waals surface area contributed by atoms with Crippen molar-refractivity contribution >= 4 is 11.6 Å². The van der Waals surface area contributed by atoms with E-state index in [1.807, 2.05) is 0 Å². The molecule has 0 aliphatic carbocycles. The summed E-state index contributed by atoms with van der Waals surface area (Å²) in [4.78, 5) is 0. The van der Waals surface area contributed by atoms with Gasteiger partial charge in [0.2, 0.25) is 0 Å². The molecular formula is C9H11ClFNO. The lowest BCUT2D eigenvalue weighted by atomic mass is 10.1. The largest absolute Gasteiger partial charge is 0.492 e. The fourth-order valence-electron chi connectivity index (χ4n) is 1.14. The summed E-state index contributed by atoms with van der Waals surface area (Å²) < 4.78 is 18.3. The lowest BCUT2D eigenvalue weighted by Crippen LogP contribution is -2.03. The molecule has 0 aliphatic heterocycles. The second kappa shape index (κ2) is 3.94. The van der Waals surface area contributed by atoms with Crippen LogP contribution in [0.4, 0.5) is 4.39 Å². The molecule has 0 spiro atoms. The van der Waals surface area contributed by atoms with Gasteiger partial charge >= 0.3 is 0 Å². The van der Waals surface area contributed by atoms with Crippen molar-refractivity contribution in [3.8, 4) is 5.75 Å². The van der Waals surface area contributed by atoms with Gasteiger partial charge in [0.1, 0.15) is 0 Å². The summed E-state index contributed by atoms with van der Waals surface area (Å²) >= 11 is 5.82. The van der Waals surface area contributed by atoms with Crippen molar-refractivity contribution < 1.29 is 9.13 Å². The number of benzene rings is 1. The molecule has 0 bridgehead atoms. The Labute approximate surface area is 81.4 Å². The van der Waals surface area contributed by atoms with E-state index in [1.54, 1.807) is 13.0 Å². The first-order chi connectivity index (χ1) is 6.11. The van der Waals surface area contributed by atoms with Gasteiger partial charge in [-0.2, -0.15) is 0 Å². The van der Waals surface area contributed by atoms with Crippen LogP contribution in [-0.4, -0.2) is 7.11 Å². The van der Waals surface area contributed by atoms with Gasteiger partial charge in [0.15, 0.2) is 11.6 Å². The summed E-state index contributed by atoms with van der Waals surface area (Å²) in [5.74, 6) is -0.400. The zero-order valence-electron chi connectivity index (χ0n) is 7.53. The van der Waals surface area contributed by atoms with Crippen LogP contribution in [0.15, 0.2) is 6.07 Å². The summed E-state index contributed by atoms with van der Waals surface area (Å²) in [6.45, 7) is 1.92. The normalized spacial score (nSPS) is 10.2. The molecule has 13 heavy (non-hydrogen) atoms. The van der Waals surface area contributed by atoms with Crippen LogP contribution in [0.5, 0.6) is 5.75 Å². The molecule has 0 saturated carbocycles. The van der Waals surface area contributed by atoms with Crippen molar-refractivity contribution in [3.63, 3.8) is 0 Å². The zero-order chi connectivity index (χ0) is 10.0. The van der Waals surface area contributed by atoms with Gasteiger partial charge in [-0.3, -0.25) is 0 Å². The van der Waals surface area contributed by atoms with Gasteiger partial charge in [-0.15, -0.1) is 0 Å². The smallest absolute Gasteiger partial charge is 0.173 e. The monoisotopic (exact) mass is 203 g/mol. The Morgan fingerprint density at radius 2 is 2.23 bits per heavy atom. The molecule has 0 atom stereocenters. The highest BCUT2D eigenvalue weighted by Gasteiger charge is 2.14. The number of halogens is 2. The number of rotatable bonds is 2. The van der Waals surface area contributed by atoms with Crippen LogP contribution in [-0.2, 0) is 6.54 Å². The standard InChI is InChI=1S/C9H11ClFNO/c1-5-3-6(4-12)8(11)9(13-2)7(5)10/h3H,4,12H2,1-2H3. The van der Waals surface area contributed by atoms with Crippen molar-refractivity contribution in [2.24, 2.45) is 5.73 Å². The second-order valence-corrected chi connectivity index (χ2v) is 3.10.